The van der Waals surface area contributed by atoms with Gasteiger partial charge in [-0.1, -0.05) is 6.07 Å². The van der Waals surface area contributed by atoms with Gasteiger partial charge in [0.25, 0.3) is 0 Å². The Bertz CT molecular complexity index is 1070. The first kappa shape index (κ1) is 25.1. The molecule has 1 aromatic carbocycles. The van der Waals surface area contributed by atoms with E-state index in [9.17, 15) is 13.6 Å². The van der Waals surface area contributed by atoms with Crippen LogP contribution < -0.4 is 10.2 Å². The number of rotatable bonds is 5. The normalized spacial score (nSPS) is 17.4. The topological polar surface area (TPSA) is 64.6 Å². The molecule has 2 aromatic rings. The zero-order chi connectivity index (χ0) is 25.3. The Labute approximate surface area is 204 Å². The molecule has 2 aliphatic heterocycles. The maximum Gasteiger partial charge on any atom is 0.319 e. The number of fused-ring (bicyclic) bond motifs is 1. The standard InChI is InChI=1S/C25H33F3N6O/c1-15(2)29-23-24(31-20-9-12-34(14-21(20)30-23)25(35)32(3)4)33-10-7-16(8-11-33)22(28)18-6-5-17(26)13-19(18)27/h5-6,13,15-16,22H,7-12,14H2,1-4H3,(H,29,30). The van der Waals surface area contributed by atoms with E-state index < -0.39 is 17.8 Å². The molecule has 190 valence electrons. The monoisotopic (exact) mass is 490 g/mol. The van der Waals surface area contributed by atoms with Crippen LogP contribution in [0, 0.1) is 17.6 Å². The minimum Gasteiger partial charge on any atom is -0.365 e. The van der Waals surface area contributed by atoms with Crippen molar-refractivity contribution in [3.8, 4) is 0 Å². The van der Waals surface area contributed by atoms with Gasteiger partial charge in [-0.25, -0.2) is 27.9 Å². The zero-order valence-corrected chi connectivity index (χ0v) is 20.7. The maximum absolute atomic E-state index is 15.1. The first-order valence-electron chi connectivity index (χ1n) is 12.1. The highest BCUT2D eigenvalue weighted by molar-refractivity contribution is 5.74. The van der Waals surface area contributed by atoms with E-state index in [1.54, 1.807) is 23.9 Å². The summed E-state index contributed by atoms with van der Waals surface area (Å²) in [5, 5.41) is 3.37. The van der Waals surface area contributed by atoms with Crippen LogP contribution >= 0.6 is 0 Å². The quantitative estimate of drug-likeness (QED) is 0.667. The molecular weight excluding hydrogens is 457 g/mol. The van der Waals surface area contributed by atoms with Crippen molar-refractivity contribution >= 4 is 17.7 Å². The number of amides is 2. The minimum absolute atomic E-state index is 0.0552. The Morgan fingerprint density at radius 2 is 1.83 bits per heavy atom. The average molecular weight is 491 g/mol. The molecule has 1 atom stereocenters. The Morgan fingerprint density at radius 3 is 2.46 bits per heavy atom. The van der Waals surface area contributed by atoms with Crippen LogP contribution in [0.15, 0.2) is 18.2 Å². The predicted octanol–water partition coefficient (Wildman–Crippen LogP) is 4.54. The lowest BCUT2D eigenvalue weighted by molar-refractivity contribution is 0.164. The second-order valence-electron chi connectivity index (χ2n) is 9.83. The summed E-state index contributed by atoms with van der Waals surface area (Å²) >= 11 is 0. The zero-order valence-electron chi connectivity index (χ0n) is 20.7. The van der Waals surface area contributed by atoms with Gasteiger partial charge in [-0.3, -0.25) is 0 Å². The van der Waals surface area contributed by atoms with Gasteiger partial charge in [0.15, 0.2) is 11.6 Å². The first-order chi connectivity index (χ1) is 16.6. The number of piperidine rings is 1. The van der Waals surface area contributed by atoms with Crippen molar-refractivity contribution in [1.29, 1.82) is 0 Å². The molecule has 0 saturated carbocycles. The fourth-order valence-electron chi connectivity index (χ4n) is 4.74. The summed E-state index contributed by atoms with van der Waals surface area (Å²) in [5.41, 5.74) is 1.57. The van der Waals surface area contributed by atoms with Gasteiger partial charge in [0.2, 0.25) is 0 Å². The fraction of sp³-hybridized carbons (Fsp3) is 0.560. The molecule has 2 amide bonds. The molecule has 0 bridgehead atoms. The summed E-state index contributed by atoms with van der Waals surface area (Å²) in [6, 6.07) is 3.10. The Balaban J connectivity index is 1.51. The number of halogens is 3. The molecule has 2 aliphatic rings. The summed E-state index contributed by atoms with van der Waals surface area (Å²) in [6.45, 7) is 6.12. The Hall–Kier alpha value is -3.04. The molecule has 3 heterocycles. The summed E-state index contributed by atoms with van der Waals surface area (Å²) in [6.07, 6.45) is 0.163. The molecule has 4 rings (SSSR count). The van der Waals surface area contributed by atoms with E-state index in [4.69, 9.17) is 9.97 Å². The van der Waals surface area contributed by atoms with E-state index >= 15 is 4.39 Å². The highest BCUT2D eigenvalue weighted by Gasteiger charge is 2.32. The van der Waals surface area contributed by atoms with E-state index in [1.165, 1.54) is 6.07 Å². The number of alkyl halides is 1. The molecule has 0 spiro atoms. The second-order valence-corrected chi connectivity index (χ2v) is 9.83. The van der Waals surface area contributed by atoms with Crippen LogP contribution in [0.3, 0.4) is 0 Å². The highest BCUT2D eigenvalue weighted by atomic mass is 19.1. The van der Waals surface area contributed by atoms with Crippen molar-refractivity contribution in [2.24, 2.45) is 5.92 Å². The van der Waals surface area contributed by atoms with Crippen LogP contribution in [0.25, 0.3) is 0 Å². The first-order valence-corrected chi connectivity index (χ1v) is 12.1. The van der Waals surface area contributed by atoms with Gasteiger partial charge in [-0.05, 0) is 38.7 Å². The third-order valence-electron chi connectivity index (χ3n) is 6.58. The van der Waals surface area contributed by atoms with Crippen LogP contribution in [-0.4, -0.2) is 65.6 Å². The van der Waals surface area contributed by atoms with Crippen molar-refractivity contribution in [2.75, 3.05) is 43.9 Å². The number of urea groups is 1. The molecule has 7 nitrogen and oxygen atoms in total. The lowest BCUT2D eigenvalue weighted by Crippen LogP contribution is -2.43. The number of aromatic nitrogens is 2. The number of carbonyl (C=O) groups is 1. The molecule has 1 aromatic heterocycles. The summed E-state index contributed by atoms with van der Waals surface area (Å²) in [7, 11) is 3.46. The molecule has 10 heteroatoms. The van der Waals surface area contributed by atoms with Crippen molar-refractivity contribution in [3.63, 3.8) is 0 Å². The average Bonchev–Trinajstić information content (AvgIpc) is 2.82. The van der Waals surface area contributed by atoms with Gasteiger partial charge in [-0.2, -0.15) is 0 Å². The highest BCUT2D eigenvalue weighted by Crippen LogP contribution is 2.37. The fourth-order valence-corrected chi connectivity index (χ4v) is 4.74. The van der Waals surface area contributed by atoms with Crippen molar-refractivity contribution in [2.45, 2.75) is 51.9 Å². The van der Waals surface area contributed by atoms with E-state index in [0.29, 0.717) is 51.3 Å². The van der Waals surface area contributed by atoms with Gasteiger partial charge in [0.1, 0.15) is 17.8 Å². The Kier molecular flexibility index (Phi) is 7.37. The third-order valence-corrected chi connectivity index (χ3v) is 6.58. The minimum atomic E-state index is -1.49. The molecule has 0 radical (unpaired) electrons. The van der Waals surface area contributed by atoms with Crippen LogP contribution in [0.1, 0.15) is 49.8 Å². The lowest BCUT2D eigenvalue weighted by atomic mass is 9.88. The number of anilines is 2. The number of hydrogen-bond acceptors (Lipinski definition) is 5. The predicted molar refractivity (Wildman–Crippen MR) is 129 cm³/mol. The van der Waals surface area contributed by atoms with Crippen LogP contribution in [0.2, 0.25) is 0 Å². The van der Waals surface area contributed by atoms with Crippen LogP contribution in [-0.2, 0) is 13.0 Å². The summed E-state index contributed by atoms with van der Waals surface area (Å²) in [5.74, 6) is -0.530. The summed E-state index contributed by atoms with van der Waals surface area (Å²) < 4.78 is 42.5. The Morgan fingerprint density at radius 1 is 1.11 bits per heavy atom. The van der Waals surface area contributed by atoms with Gasteiger partial charge in [-0.15, -0.1) is 0 Å². The van der Waals surface area contributed by atoms with Crippen molar-refractivity contribution in [3.05, 3.63) is 46.8 Å². The molecule has 1 fully saturated rings. The second kappa shape index (κ2) is 10.3. The van der Waals surface area contributed by atoms with E-state index in [1.807, 2.05) is 13.8 Å². The summed E-state index contributed by atoms with van der Waals surface area (Å²) in [4.78, 5) is 27.6. The SMILES string of the molecule is CC(C)Nc1nc2c(nc1N1CCC(C(F)c3ccc(F)cc3F)CC1)CCN(C(=O)N(C)C)C2. The van der Waals surface area contributed by atoms with Gasteiger partial charge >= 0.3 is 6.03 Å². The third kappa shape index (κ3) is 5.46. The largest absolute Gasteiger partial charge is 0.365 e. The van der Waals surface area contributed by atoms with E-state index in [2.05, 4.69) is 10.2 Å². The number of nitrogens with zero attached hydrogens (tertiary/aromatic N) is 5. The van der Waals surface area contributed by atoms with Gasteiger partial charge < -0.3 is 20.0 Å². The molecule has 35 heavy (non-hydrogen) atoms. The smallest absolute Gasteiger partial charge is 0.319 e. The van der Waals surface area contributed by atoms with Gasteiger partial charge in [0.05, 0.1) is 17.9 Å². The maximum atomic E-state index is 15.1. The molecule has 1 unspecified atom stereocenters. The van der Waals surface area contributed by atoms with Gasteiger partial charge in [0, 0.05) is 57.8 Å². The van der Waals surface area contributed by atoms with Crippen LogP contribution in [0.5, 0.6) is 0 Å². The molecule has 1 N–H and O–H groups in total. The van der Waals surface area contributed by atoms with Crippen LogP contribution in [0.4, 0.5) is 29.6 Å². The number of carbonyl (C=O) groups excluding carboxylic acids is 1. The number of nitrogens with one attached hydrogen (secondary N) is 1. The molecule has 0 aliphatic carbocycles. The van der Waals surface area contributed by atoms with Crippen molar-refractivity contribution in [1.82, 2.24) is 19.8 Å². The molecular formula is C25H33F3N6O. The van der Waals surface area contributed by atoms with E-state index in [-0.39, 0.29) is 23.6 Å². The van der Waals surface area contributed by atoms with E-state index in [0.717, 1.165) is 29.3 Å². The number of benzene rings is 1. The lowest BCUT2D eigenvalue weighted by Gasteiger charge is -2.36. The molecule has 1 saturated heterocycles. The number of hydrogen-bond donors (Lipinski definition) is 1. The van der Waals surface area contributed by atoms with Crippen molar-refractivity contribution < 1.29 is 18.0 Å².